The summed E-state index contributed by atoms with van der Waals surface area (Å²) in [5, 5.41) is 12.7. The van der Waals surface area contributed by atoms with E-state index in [9.17, 15) is 9.59 Å². The van der Waals surface area contributed by atoms with Crippen LogP contribution in [0, 0.1) is 5.41 Å². The van der Waals surface area contributed by atoms with Gasteiger partial charge in [-0.3, -0.25) is 9.59 Å². The van der Waals surface area contributed by atoms with Crippen LogP contribution in [0.4, 0.5) is 0 Å². The molecule has 186 valence electrons. The van der Waals surface area contributed by atoms with Crippen molar-refractivity contribution < 1.29 is 24.2 Å². The summed E-state index contributed by atoms with van der Waals surface area (Å²) in [5.74, 6) is 0.200. The second kappa shape index (κ2) is 10.3. The van der Waals surface area contributed by atoms with Gasteiger partial charge in [-0.25, -0.2) is 4.98 Å². The van der Waals surface area contributed by atoms with Crippen LogP contribution in [0.5, 0.6) is 5.75 Å². The normalized spacial score (nSPS) is 14.5. The number of esters is 1. The molecule has 1 amide bonds. The number of fused-ring (bicyclic) bond motifs is 2. The van der Waals surface area contributed by atoms with Crippen LogP contribution in [0.2, 0.25) is 0 Å². The second-order valence-electron chi connectivity index (χ2n) is 10.0. The molecule has 0 radical (unpaired) electrons. The van der Waals surface area contributed by atoms with Crippen LogP contribution in [0.15, 0.2) is 42.5 Å². The van der Waals surface area contributed by atoms with Crippen molar-refractivity contribution in [2.45, 2.75) is 58.6 Å². The van der Waals surface area contributed by atoms with Gasteiger partial charge in [-0.05, 0) is 62.9 Å². The van der Waals surface area contributed by atoms with E-state index in [1.807, 2.05) is 63.2 Å². The Labute approximate surface area is 209 Å². The Balaban J connectivity index is 1.47. The van der Waals surface area contributed by atoms with E-state index in [1.54, 1.807) is 0 Å². The van der Waals surface area contributed by atoms with Crippen molar-refractivity contribution >= 4 is 33.4 Å². The molecule has 0 saturated carbocycles. The molecule has 8 heteroatoms. The van der Waals surface area contributed by atoms with E-state index in [-0.39, 0.29) is 31.4 Å². The predicted octanol–water partition coefficient (Wildman–Crippen LogP) is 4.19. The minimum Gasteiger partial charge on any atom is -0.493 e. The second-order valence-corrected chi connectivity index (χ2v) is 11.1. The van der Waals surface area contributed by atoms with Crippen LogP contribution in [0.3, 0.4) is 0 Å². The largest absolute Gasteiger partial charge is 0.493 e. The molecule has 0 spiro atoms. The minimum absolute atomic E-state index is 0.0270. The number of benzene rings is 2. The SMILES string of the molecule is CC(C)(C)OC(=O)CC1(C(=O)NCc2nc3ccc(OCCCO)cc3s2)Cc2ccccc2C1. The van der Waals surface area contributed by atoms with Gasteiger partial charge in [-0.15, -0.1) is 11.3 Å². The Morgan fingerprint density at radius 2 is 1.86 bits per heavy atom. The lowest BCUT2D eigenvalue weighted by Gasteiger charge is -2.28. The summed E-state index contributed by atoms with van der Waals surface area (Å²) in [4.78, 5) is 30.9. The first kappa shape index (κ1) is 25.1. The summed E-state index contributed by atoms with van der Waals surface area (Å²) in [6.07, 6.45) is 1.61. The lowest BCUT2D eigenvalue weighted by Crippen LogP contribution is -2.44. The molecule has 4 rings (SSSR count). The van der Waals surface area contributed by atoms with Gasteiger partial charge in [0.1, 0.15) is 16.4 Å². The van der Waals surface area contributed by atoms with Crippen molar-refractivity contribution in [2.24, 2.45) is 5.41 Å². The monoisotopic (exact) mass is 496 g/mol. The Kier molecular flexibility index (Phi) is 7.42. The summed E-state index contributed by atoms with van der Waals surface area (Å²) in [6.45, 7) is 6.32. The van der Waals surface area contributed by atoms with Gasteiger partial charge in [0.15, 0.2) is 0 Å². The average Bonchev–Trinajstić information content (AvgIpc) is 3.37. The molecule has 1 aliphatic carbocycles. The molecule has 1 aliphatic rings. The molecule has 0 atom stereocenters. The van der Waals surface area contributed by atoms with Crippen LogP contribution in [-0.4, -0.2) is 40.8 Å². The molecular weight excluding hydrogens is 464 g/mol. The zero-order valence-electron chi connectivity index (χ0n) is 20.4. The number of nitrogens with zero attached hydrogens (tertiary/aromatic N) is 1. The van der Waals surface area contributed by atoms with Gasteiger partial charge in [0.25, 0.3) is 0 Å². The van der Waals surface area contributed by atoms with Crippen LogP contribution < -0.4 is 10.1 Å². The number of carbonyl (C=O) groups is 2. The summed E-state index contributed by atoms with van der Waals surface area (Å²) >= 11 is 1.50. The lowest BCUT2D eigenvalue weighted by atomic mass is 9.80. The number of rotatable bonds is 9. The predicted molar refractivity (Wildman–Crippen MR) is 135 cm³/mol. The minimum atomic E-state index is -0.879. The third-order valence-corrected chi connectivity index (χ3v) is 6.95. The first-order valence-corrected chi connectivity index (χ1v) is 12.7. The van der Waals surface area contributed by atoms with Crippen LogP contribution in [-0.2, 0) is 33.7 Å². The van der Waals surface area contributed by atoms with Crippen molar-refractivity contribution in [3.63, 3.8) is 0 Å². The van der Waals surface area contributed by atoms with Crippen molar-refractivity contribution in [1.82, 2.24) is 10.3 Å². The lowest BCUT2D eigenvalue weighted by molar-refractivity contribution is -0.160. The van der Waals surface area contributed by atoms with Crippen molar-refractivity contribution in [3.05, 3.63) is 58.6 Å². The number of amides is 1. The molecule has 2 N–H and O–H groups in total. The summed E-state index contributed by atoms with van der Waals surface area (Å²) in [6, 6.07) is 13.6. The fraction of sp³-hybridized carbons (Fsp3) is 0.444. The fourth-order valence-electron chi connectivity index (χ4n) is 4.43. The number of aromatic nitrogens is 1. The fourth-order valence-corrected chi connectivity index (χ4v) is 5.37. The van der Waals surface area contributed by atoms with Gasteiger partial charge < -0.3 is 19.9 Å². The molecule has 35 heavy (non-hydrogen) atoms. The van der Waals surface area contributed by atoms with E-state index in [1.165, 1.54) is 11.3 Å². The average molecular weight is 497 g/mol. The zero-order valence-corrected chi connectivity index (χ0v) is 21.2. The van der Waals surface area contributed by atoms with Crippen LogP contribution in [0.25, 0.3) is 10.2 Å². The first-order valence-electron chi connectivity index (χ1n) is 11.9. The Bertz CT molecular complexity index is 1190. The topological polar surface area (TPSA) is 97.8 Å². The van der Waals surface area contributed by atoms with E-state index in [0.29, 0.717) is 25.9 Å². The Morgan fingerprint density at radius 1 is 1.14 bits per heavy atom. The van der Waals surface area contributed by atoms with E-state index >= 15 is 0 Å². The van der Waals surface area contributed by atoms with Gasteiger partial charge in [0, 0.05) is 13.0 Å². The third kappa shape index (κ3) is 6.18. The van der Waals surface area contributed by atoms with Gasteiger partial charge in [-0.2, -0.15) is 0 Å². The van der Waals surface area contributed by atoms with Gasteiger partial charge >= 0.3 is 5.97 Å². The maximum Gasteiger partial charge on any atom is 0.307 e. The van der Waals surface area contributed by atoms with E-state index in [2.05, 4.69) is 10.3 Å². The highest BCUT2D eigenvalue weighted by Crippen LogP contribution is 2.41. The number of hydrogen-bond donors (Lipinski definition) is 2. The highest BCUT2D eigenvalue weighted by molar-refractivity contribution is 7.18. The maximum atomic E-state index is 13.5. The van der Waals surface area contributed by atoms with E-state index in [4.69, 9.17) is 14.6 Å². The summed E-state index contributed by atoms with van der Waals surface area (Å²) < 4.78 is 12.2. The molecule has 1 aromatic heterocycles. The number of ether oxygens (including phenoxy) is 2. The Hall–Kier alpha value is -2.97. The number of hydrogen-bond acceptors (Lipinski definition) is 7. The molecule has 0 unspecified atom stereocenters. The molecule has 0 fully saturated rings. The van der Waals surface area contributed by atoms with Crippen molar-refractivity contribution in [2.75, 3.05) is 13.2 Å². The molecule has 0 aliphatic heterocycles. The zero-order chi connectivity index (χ0) is 25.1. The molecule has 1 heterocycles. The van der Waals surface area contributed by atoms with Gasteiger partial charge in [-0.1, -0.05) is 24.3 Å². The molecule has 3 aromatic rings. The number of aliphatic hydroxyl groups excluding tert-OH is 1. The van der Waals surface area contributed by atoms with Crippen molar-refractivity contribution in [1.29, 1.82) is 0 Å². The highest BCUT2D eigenvalue weighted by Gasteiger charge is 2.46. The Morgan fingerprint density at radius 3 is 2.51 bits per heavy atom. The maximum absolute atomic E-state index is 13.5. The number of thiazole rings is 1. The van der Waals surface area contributed by atoms with Gasteiger partial charge in [0.2, 0.25) is 5.91 Å². The third-order valence-electron chi connectivity index (χ3n) is 5.94. The number of carbonyl (C=O) groups excluding carboxylic acids is 2. The quantitative estimate of drug-likeness (QED) is 0.341. The number of nitrogens with one attached hydrogen (secondary N) is 1. The van der Waals surface area contributed by atoms with Crippen LogP contribution >= 0.6 is 11.3 Å². The standard InChI is InChI=1S/C27H32N2O5S/c1-26(2,3)34-24(31)16-27(14-18-7-4-5-8-19(18)15-27)25(32)28-17-23-29-21-10-9-20(13-22(21)35-23)33-12-6-11-30/h4-5,7-10,13,30H,6,11-12,14-17H2,1-3H3,(H,28,32). The van der Waals surface area contributed by atoms with Gasteiger partial charge in [0.05, 0.1) is 35.2 Å². The summed E-state index contributed by atoms with van der Waals surface area (Å²) in [7, 11) is 0. The highest BCUT2D eigenvalue weighted by atomic mass is 32.1. The molecular formula is C27H32N2O5S. The van der Waals surface area contributed by atoms with Crippen LogP contribution in [0.1, 0.15) is 49.7 Å². The van der Waals surface area contributed by atoms with E-state index in [0.717, 1.165) is 32.1 Å². The molecule has 2 aromatic carbocycles. The molecule has 0 saturated heterocycles. The smallest absolute Gasteiger partial charge is 0.307 e. The molecule has 7 nitrogen and oxygen atoms in total. The number of aliphatic hydroxyl groups is 1. The summed E-state index contributed by atoms with van der Waals surface area (Å²) in [5.41, 5.74) is 1.54. The van der Waals surface area contributed by atoms with Crippen molar-refractivity contribution in [3.8, 4) is 5.75 Å². The van der Waals surface area contributed by atoms with E-state index < -0.39 is 11.0 Å². The first-order chi connectivity index (χ1) is 16.7. The molecule has 0 bridgehead atoms.